The average Bonchev–Trinajstić information content (AvgIpc) is 2.02. The highest BCUT2D eigenvalue weighted by molar-refractivity contribution is 5.85. The molecule has 1 atom stereocenters. The molecule has 1 aromatic rings. The Morgan fingerprint density at radius 2 is 1.85 bits per heavy atom. The van der Waals surface area contributed by atoms with E-state index in [1.165, 1.54) is 11.1 Å². The van der Waals surface area contributed by atoms with Crippen molar-refractivity contribution in [1.82, 2.24) is 0 Å². The summed E-state index contributed by atoms with van der Waals surface area (Å²) in [6, 6.07) is 8.61. The summed E-state index contributed by atoms with van der Waals surface area (Å²) in [5, 5.41) is 0. The van der Waals surface area contributed by atoms with Gasteiger partial charge in [0.1, 0.15) is 0 Å². The van der Waals surface area contributed by atoms with Gasteiger partial charge in [0.05, 0.1) is 0 Å². The molecule has 1 aliphatic rings. The molecule has 0 amide bonds. The number of halogens is 1. The van der Waals surface area contributed by atoms with Gasteiger partial charge >= 0.3 is 0 Å². The SMILES string of the molecule is CC1(N)CCc2ccccc2C1.Cl. The summed E-state index contributed by atoms with van der Waals surface area (Å²) in [6.45, 7) is 2.14. The number of nitrogens with two attached hydrogens (primary N) is 1. The molecule has 1 aromatic carbocycles. The molecule has 0 fully saturated rings. The summed E-state index contributed by atoms with van der Waals surface area (Å²) in [5.74, 6) is 0. The van der Waals surface area contributed by atoms with Gasteiger partial charge in [0.2, 0.25) is 0 Å². The van der Waals surface area contributed by atoms with Crippen LogP contribution in [0.1, 0.15) is 24.5 Å². The summed E-state index contributed by atoms with van der Waals surface area (Å²) < 4.78 is 0. The summed E-state index contributed by atoms with van der Waals surface area (Å²) >= 11 is 0. The van der Waals surface area contributed by atoms with Crippen LogP contribution in [0.2, 0.25) is 0 Å². The van der Waals surface area contributed by atoms with Crippen LogP contribution in [0.5, 0.6) is 0 Å². The van der Waals surface area contributed by atoms with Gasteiger partial charge in [-0.05, 0) is 37.3 Å². The molecule has 2 heteroatoms. The molecule has 0 aromatic heterocycles. The van der Waals surface area contributed by atoms with E-state index in [4.69, 9.17) is 5.73 Å². The van der Waals surface area contributed by atoms with Gasteiger partial charge in [0.15, 0.2) is 0 Å². The number of hydrogen-bond donors (Lipinski definition) is 1. The van der Waals surface area contributed by atoms with Gasteiger partial charge in [0, 0.05) is 5.54 Å². The molecule has 13 heavy (non-hydrogen) atoms. The third-order valence-corrected chi connectivity index (χ3v) is 2.68. The Hall–Kier alpha value is -0.530. The molecular formula is C11H16ClN. The average molecular weight is 198 g/mol. The lowest BCUT2D eigenvalue weighted by molar-refractivity contribution is 0.409. The first kappa shape index (κ1) is 10.6. The third-order valence-electron chi connectivity index (χ3n) is 2.68. The van der Waals surface area contributed by atoms with Crippen LogP contribution in [0.4, 0.5) is 0 Å². The van der Waals surface area contributed by atoms with Crippen molar-refractivity contribution in [3.05, 3.63) is 35.4 Å². The van der Waals surface area contributed by atoms with E-state index in [0.29, 0.717) is 0 Å². The van der Waals surface area contributed by atoms with E-state index < -0.39 is 0 Å². The topological polar surface area (TPSA) is 26.0 Å². The predicted octanol–water partition coefficient (Wildman–Crippen LogP) is 2.31. The van der Waals surface area contributed by atoms with E-state index >= 15 is 0 Å². The maximum Gasteiger partial charge on any atom is 0.0169 e. The molecule has 0 radical (unpaired) electrons. The minimum absolute atomic E-state index is 0. The van der Waals surface area contributed by atoms with Crippen molar-refractivity contribution >= 4 is 12.4 Å². The molecule has 0 heterocycles. The maximum atomic E-state index is 6.09. The molecular weight excluding hydrogens is 182 g/mol. The summed E-state index contributed by atoms with van der Waals surface area (Å²) in [7, 11) is 0. The first-order valence-corrected chi connectivity index (χ1v) is 4.53. The van der Waals surface area contributed by atoms with Gasteiger partial charge < -0.3 is 5.73 Å². The highest BCUT2D eigenvalue weighted by atomic mass is 35.5. The first-order valence-electron chi connectivity index (χ1n) is 4.53. The van der Waals surface area contributed by atoms with Gasteiger partial charge in [-0.25, -0.2) is 0 Å². The molecule has 0 bridgehead atoms. The molecule has 1 unspecified atom stereocenters. The van der Waals surface area contributed by atoms with Crippen molar-refractivity contribution < 1.29 is 0 Å². The van der Waals surface area contributed by atoms with Gasteiger partial charge in [-0.1, -0.05) is 24.3 Å². The second-order valence-corrected chi connectivity index (χ2v) is 4.10. The fourth-order valence-electron chi connectivity index (χ4n) is 1.92. The zero-order valence-corrected chi connectivity index (χ0v) is 8.73. The molecule has 1 aliphatic carbocycles. The number of hydrogen-bond acceptors (Lipinski definition) is 1. The van der Waals surface area contributed by atoms with Crippen molar-refractivity contribution in [2.24, 2.45) is 5.73 Å². The van der Waals surface area contributed by atoms with E-state index in [1.54, 1.807) is 0 Å². The second-order valence-electron chi connectivity index (χ2n) is 4.10. The lowest BCUT2D eigenvalue weighted by Crippen LogP contribution is -2.41. The van der Waals surface area contributed by atoms with Crippen molar-refractivity contribution in [2.75, 3.05) is 0 Å². The van der Waals surface area contributed by atoms with Crippen LogP contribution in [0.3, 0.4) is 0 Å². The Kier molecular flexibility index (Phi) is 2.99. The Bertz CT molecular complexity index is 294. The van der Waals surface area contributed by atoms with Crippen LogP contribution >= 0.6 is 12.4 Å². The minimum atomic E-state index is 0. The van der Waals surface area contributed by atoms with E-state index in [-0.39, 0.29) is 17.9 Å². The summed E-state index contributed by atoms with van der Waals surface area (Å²) in [4.78, 5) is 0. The van der Waals surface area contributed by atoms with Crippen molar-refractivity contribution in [2.45, 2.75) is 31.7 Å². The Balaban J connectivity index is 0.000000845. The van der Waals surface area contributed by atoms with E-state index in [9.17, 15) is 0 Å². The summed E-state index contributed by atoms with van der Waals surface area (Å²) in [6.07, 6.45) is 3.29. The standard InChI is InChI=1S/C11H15N.ClH/c1-11(12)7-6-9-4-2-3-5-10(9)8-11;/h2-5H,6-8,12H2,1H3;1H. The minimum Gasteiger partial charge on any atom is -0.325 e. The molecule has 0 spiro atoms. The van der Waals surface area contributed by atoms with Crippen LogP contribution < -0.4 is 5.73 Å². The van der Waals surface area contributed by atoms with Crippen molar-refractivity contribution in [1.29, 1.82) is 0 Å². The normalized spacial score (nSPS) is 26.0. The zero-order valence-electron chi connectivity index (χ0n) is 7.92. The van der Waals surface area contributed by atoms with Crippen molar-refractivity contribution in [3.63, 3.8) is 0 Å². The zero-order chi connectivity index (χ0) is 8.60. The molecule has 0 saturated heterocycles. The molecule has 1 nitrogen and oxygen atoms in total. The summed E-state index contributed by atoms with van der Waals surface area (Å²) in [5.41, 5.74) is 9.04. The van der Waals surface area contributed by atoms with Gasteiger partial charge in [-0.15, -0.1) is 12.4 Å². The smallest absolute Gasteiger partial charge is 0.0169 e. The van der Waals surface area contributed by atoms with Crippen LogP contribution in [0, 0.1) is 0 Å². The largest absolute Gasteiger partial charge is 0.325 e. The lowest BCUT2D eigenvalue weighted by Gasteiger charge is -2.30. The van der Waals surface area contributed by atoms with Crippen LogP contribution in [-0.2, 0) is 12.8 Å². The quantitative estimate of drug-likeness (QED) is 0.679. The van der Waals surface area contributed by atoms with Crippen LogP contribution in [0.25, 0.3) is 0 Å². The number of benzene rings is 1. The molecule has 2 N–H and O–H groups in total. The van der Waals surface area contributed by atoms with Crippen molar-refractivity contribution in [3.8, 4) is 0 Å². The van der Waals surface area contributed by atoms with Gasteiger partial charge in [0.25, 0.3) is 0 Å². The van der Waals surface area contributed by atoms with Gasteiger partial charge in [-0.3, -0.25) is 0 Å². The predicted molar refractivity (Wildman–Crippen MR) is 58.3 cm³/mol. The molecule has 2 rings (SSSR count). The highest BCUT2D eigenvalue weighted by Crippen LogP contribution is 2.26. The van der Waals surface area contributed by atoms with E-state index in [0.717, 1.165) is 19.3 Å². The Morgan fingerprint density at radius 3 is 2.54 bits per heavy atom. The first-order chi connectivity index (χ1) is 5.67. The van der Waals surface area contributed by atoms with E-state index in [1.807, 2.05) is 0 Å². The Morgan fingerprint density at radius 1 is 1.23 bits per heavy atom. The van der Waals surface area contributed by atoms with Crippen LogP contribution in [-0.4, -0.2) is 5.54 Å². The highest BCUT2D eigenvalue weighted by Gasteiger charge is 2.24. The second kappa shape index (κ2) is 3.69. The van der Waals surface area contributed by atoms with Crippen LogP contribution in [0.15, 0.2) is 24.3 Å². The molecule has 72 valence electrons. The monoisotopic (exact) mass is 197 g/mol. The third kappa shape index (κ3) is 2.23. The number of aryl methyl sites for hydroxylation is 1. The molecule has 0 aliphatic heterocycles. The fraction of sp³-hybridized carbons (Fsp3) is 0.455. The maximum absolute atomic E-state index is 6.09. The lowest BCUT2D eigenvalue weighted by atomic mass is 9.80. The number of rotatable bonds is 0. The molecule has 0 saturated carbocycles. The van der Waals surface area contributed by atoms with E-state index in [2.05, 4.69) is 31.2 Å². The number of fused-ring (bicyclic) bond motifs is 1. The fourth-order valence-corrected chi connectivity index (χ4v) is 1.92. The Labute approximate surface area is 85.7 Å². The van der Waals surface area contributed by atoms with Gasteiger partial charge in [-0.2, -0.15) is 0 Å².